The van der Waals surface area contributed by atoms with Crippen LogP contribution >= 0.6 is 0 Å². The van der Waals surface area contributed by atoms with E-state index in [1.54, 1.807) is 10.7 Å². The van der Waals surface area contributed by atoms with E-state index in [1.165, 1.54) is 0 Å². The number of hydrogen-bond acceptors (Lipinski definition) is 7. The second kappa shape index (κ2) is 6.60. The molecule has 0 saturated carbocycles. The Balaban J connectivity index is 1.77. The molecule has 1 fully saturated rings. The molecule has 138 valence electrons. The van der Waals surface area contributed by atoms with Gasteiger partial charge in [0.2, 0.25) is 0 Å². The summed E-state index contributed by atoms with van der Waals surface area (Å²) in [4.78, 5) is 19.4. The van der Waals surface area contributed by atoms with E-state index in [-0.39, 0.29) is 17.9 Å². The first-order valence-corrected chi connectivity index (χ1v) is 8.94. The van der Waals surface area contributed by atoms with Crippen LogP contribution in [-0.4, -0.2) is 64.7 Å². The lowest BCUT2D eigenvalue weighted by Gasteiger charge is -2.39. The highest BCUT2D eigenvalue weighted by Crippen LogP contribution is 2.26. The van der Waals surface area contributed by atoms with Gasteiger partial charge in [-0.05, 0) is 6.42 Å². The van der Waals surface area contributed by atoms with Crippen LogP contribution in [0.4, 0.5) is 11.6 Å². The fourth-order valence-corrected chi connectivity index (χ4v) is 3.65. The normalized spacial score (nSPS) is 24.0. The molecular weight excluding hydrogens is 332 g/mol. The van der Waals surface area contributed by atoms with Crippen LogP contribution in [0.1, 0.15) is 29.6 Å². The Labute approximate surface area is 152 Å². The number of Topliss-reactive ketones (excluding diaryl/α,β-unsaturated/α-hetero) is 1. The molecule has 26 heavy (non-hydrogen) atoms. The molecule has 2 aliphatic heterocycles. The average molecular weight is 356 g/mol. The second-order valence-electron chi connectivity index (χ2n) is 6.91. The number of hydrogen-bond donors (Lipinski definition) is 2. The molecule has 2 aliphatic rings. The summed E-state index contributed by atoms with van der Waals surface area (Å²) in [7, 11) is 3.86. The van der Waals surface area contributed by atoms with Crippen molar-refractivity contribution >= 4 is 23.1 Å². The number of carbonyl (C=O) groups excluding carboxylic acids is 1. The van der Waals surface area contributed by atoms with Gasteiger partial charge in [0.1, 0.15) is 11.6 Å². The number of piperidine rings is 1. The summed E-state index contributed by atoms with van der Waals surface area (Å²) in [6.07, 6.45) is 3.46. The molecule has 4 rings (SSSR count). The Hall–Kier alpha value is -2.61. The summed E-state index contributed by atoms with van der Waals surface area (Å²) in [6.45, 7) is 5.52. The zero-order valence-electron chi connectivity index (χ0n) is 15.2. The number of aromatic nitrogens is 3. The van der Waals surface area contributed by atoms with Crippen molar-refractivity contribution in [1.82, 2.24) is 19.5 Å². The van der Waals surface area contributed by atoms with Gasteiger partial charge < -0.3 is 20.3 Å². The minimum atomic E-state index is -0.0445. The first-order valence-electron chi connectivity index (χ1n) is 8.94. The third-order valence-electron chi connectivity index (χ3n) is 5.10. The Bertz CT molecular complexity index is 861. The molecular formula is C18H24N6O2. The summed E-state index contributed by atoms with van der Waals surface area (Å²) in [5.74, 6) is 1.54. The zero-order valence-corrected chi connectivity index (χ0v) is 15.2. The molecule has 2 N–H and O–H groups in total. The molecule has 4 bridgehead atoms. The highest BCUT2D eigenvalue weighted by molar-refractivity contribution is 6.01. The van der Waals surface area contributed by atoms with E-state index in [1.807, 2.05) is 20.2 Å². The van der Waals surface area contributed by atoms with Gasteiger partial charge in [0, 0.05) is 57.9 Å². The quantitative estimate of drug-likeness (QED) is 0.805. The van der Waals surface area contributed by atoms with E-state index in [0.717, 1.165) is 30.3 Å². The predicted octanol–water partition coefficient (Wildman–Crippen LogP) is 1.76. The molecule has 2 aromatic heterocycles. The first kappa shape index (κ1) is 16.8. The van der Waals surface area contributed by atoms with Crippen molar-refractivity contribution in [2.24, 2.45) is 0 Å². The van der Waals surface area contributed by atoms with Crippen molar-refractivity contribution in [3.05, 3.63) is 30.1 Å². The van der Waals surface area contributed by atoms with E-state index < -0.39 is 0 Å². The van der Waals surface area contributed by atoms with Crippen LogP contribution in [0.2, 0.25) is 0 Å². The highest BCUT2D eigenvalue weighted by Gasteiger charge is 2.30. The molecule has 2 atom stereocenters. The summed E-state index contributed by atoms with van der Waals surface area (Å²) in [6, 6.07) is 2.09. The van der Waals surface area contributed by atoms with Crippen LogP contribution in [0.25, 0.3) is 5.65 Å². The number of nitrogens with zero attached hydrogens (tertiary/aromatic N) is 4. The SMILES string of the molecule is C=C1C2CC(CN1C)Nc1cc(NC)n3ncc(c3n1)C(=O)CCCO2. The van der Waals surface area contributed by atoms with Crippen molar-refractivity contribution in [3.63, 3.8) is 0 Å². The summed E-state index contributed by atoms with van der Waals surface area (Å²) in [5, 5.41) is 11.0. The van der Waals surface area contributed by atoms with Crippen LogP contribution in [0.15, 0.2) is 24.5 Å². The minimum Gasteiger partial charge on any atom is -0.374 e. The molecule has 0 spiro atoms. The molecule has 4 heterocycles. The van der Waals surface area contributed by atoms with E-state index in [4.69, 9.17) is 4.74 Å². The Morgan fingerprint density at radius 1 is 1.46 bits per heavy atom. The van der Waals surface area contributed by atoms with Gasteiger partial charge in [-0.25, -0.2) is 4.98 Å². The third-order valence-corrected chi connectivity index (χ3v) is 5.10. The maximum Gasteiger partial charge on any atom is 0.170 e. The maximum absolute atomic E-state index is 12.6. The highest BCUT2D eigenvalue weighted by atomic mass is 16.5. The van der Waals surface area contributed by atoms with Crippen molar-refractivity contribution in [1.29, 1.82) is 0 Å². The number of nitrogens with one attached hydrogen (secondary N) is 2. The number of likely N-dealkylation sites (tertiary alicyclic amines) is 1. The van der Waals surface area contributed by atoms with Gasteiger partial charge in [0.15, 0.2) is 11.4 Å². The predicted molar refractivity (Wildman–Crippen MR) is 99.6 cm³/mol. The smallest absolute Gasteiger partial charge is 0.170 e. The molecule has 8 heteroatoms. The lowest BCUT2D eigenvalue weighted by atomic mass is 10.0. The van der Waals surface area contributed by atoms with E-state index in [2.05, 4.69) is 32.2 Å². The van der Waals surface area contributed by atoms with Crippen LogP contribution in [-0.2, 0) is 4.74 Å². The monoisotopic (exact) mass is 356 g/mol. The van der Waals surface area contributed by atoms with Gasteiger partial charge in [-0.3, -0.25) is 4.79 Å². The summed E-state index contributed by atoms with van der Waals surface area (Å²) in [5.41, 5.74) is 2.11. The fourth-order valence-electron chi connectivity index (χ4n) is 3.65. The van der Waals surface area contributed by atoms with Crippen molar-refractivity contribution < 1.29 is 9.53 Å². The van der Waals surface area contributed by atoms with Crippen LogP contribution in [0.5, 0.6) is 0 Å². The van der Waals surface area contributed by atoms with E-state index >= 15 is 0 Å². The average Bonchev–Trinajstić information content (AvgIpc) is 3.05. The fraction of sp³-hybridized carbons (Fsp3) is 0.500. The molecule has 1 saturated heterocycles. The molecule has 0 aliphatic carbocycles. The first-order chi connectivity index (χ1) is 12.6. The van der Waals surface area contributed by atoms with Crippen LogP contribution in [0, 0.1) is 0 Å². The number of anilines is 2. The van der Waals surface area contributed by atoms with Gasteiger partial charge in [0.05, 0.1) is 17.9 Å². The van der Waals surface area contributed by atoms with Crippen molar-refractivity contribution in [2.75, 3.05) is 37.9 Å². The number of likely N-dealkylation sites (N-methyl/N-ethyl adjacent to an activating group) is 1. The number of ketones is 1. The number of carbonyl (C=O) groups is 1. The Morgan fingerprint density at radius 3 is 3.12 bits per heavy atom. The molecule has 2 aromatic rings. The number of fused-ring (bicyclic) bond motifs is 3. The topological polar surface area (TPSA) is 83.8 Å². The summed E-state index contributed by atoms with van der Waals surface area (Å²) < 4.78 is 7.70. The van der Waals surface area contributed by atoms with Gasteiger partial charge in [-0.15, -0.1) is 0 Å². The number of ether oxygens (including phenoxy) is 1. The largest absolute Gasteiger partial charge is 0.374 e. The van der Waals surface area contributed by atoms with E-state index in [0.29, 0.717) is 30.7 Å². The summed E-state index contributed by atoms with van der Waals surface area (Å²) >= 11 is 0. The van der Waals surface area contributed by atoms with E-state index in [9.17, 15) is 4.79 Å². The Morgan fingerprint density at radius 2 is 2.31 bits per heavy atom. The second-order valence-corrected chi connectivity index (χ2v) is 6.91. The molecule has 0 amide bonds. The van der Waals surface area contributed by atoms with Crippen molar-refractivity contribution in [3.8, 4) is 0 Å². The lowest BCUT2D eigenvalue weighted by molar-refractivity contribution is 0.0324. The van der Waals surface area contributed by atoms with Gasteiger partial charge in [-0.2, -0.15) is 9.61 Å². The van der Waals surface area contributed by atoms with Crippen molar-refractivity contribution in [2.45, 2.75) is 31.4 Å². The molecule has 0 aromatic carbocycles. The Kier molecular flexibility index (Phi) is 4.28. The molecule has 2 unspecified atom stereocenters. The van der Waals surface area contributed by atoms with Crippen LogP contribution < -0.4 is 10.6 Å². The maximum atomic E-state index is 12.6. The zero-order chi connectivity index (χ0) is 18.3. The lowest BCUT2D eigenvalue weighted by Crippen LogP contribution is -2.46. The van der Waals surface area contributed by atoms with Gasteiger partial charge in [0.25, 0.3) is 0 Å². The number of rotatable bonds is 1. The third kappa shape index (κ3) is 2.90. The van der Waals surface area contributed by atoms with Gasteiger partial charge in [-0.1, -0.05) is 6.58 Å². The molecule has 8 nitrogen and oxygen atoms in total. The van der Waals surface area contributed by atoms with Gasteiger partial charge >= 0.3 is 0 Å². The molecule has 0 radical (unpaired) electrons. The standard InChI is InChI=1S/C18H24N6O2/c1-11-15-7-12(10-23(11)3)21-16-8-17(19-2)24-18(22-16)13(9-20-24)14(25)5-4-6-26-15/h8-9,12,15,19H,1,4-7,10H2,2-3H3,(H,21,22). The van der Waals surface area contributed by atoms with Crippen LogP contribution in [0.3, 0.4) is 0 Å². The minimum absolute atomic E-state index is 0.0356.